The van der Waals surface area contributed by atoms with Crippen LogP contribution in [0.15, 0.2) is 60.3 Å². The second-order valence-corrected chi connectivity index (χ2v) is 7.04. The van der Waals surface area contributed by atoms with Gasteiger partial charge in [-0.1, -0.05) is 24.3 Å². The highest BCUT2D eigenvalue weighted by atomic mass is 16.5. The van der Waals surface area contributed by atoms with Crippen LogP contribution in [0.25, 0.3) is 12.2 Å². The minimum Gasteiger partial charge on any atom is -0.493 e. The largest absolute Gasteiger partial charge is 0.493 e. The molecule has 0 atom stereocenters. The van der Waals surface area contributed by atoms with E-state index in [1.165, 1.54) is 0 Å². The number of methoxy groups -OCH3 is 4. The van der Waals surface area contributed by atoms with Gasteiger partial charge in [-0.15, -0.1) is 0 Å². The molecular formula is C27H33NO5. The van der Waals surface area contributed by atoms with Gasteiger partial charge >= 0.3 is 0 Å². The molecule has 0 saturated carbocycles. The van der Waals surface area contributed by atoms with Gasteiger partial charge in [-0.2, -0.15) is 0 Å². The van der Waals surface area contributed by atoms with E-state index in [-0.39, 0.29) is 5.78 Å². The summed E-state index contributed by atoms with van der Waals surface area (Å²) >= 11 is 0. The Morgan fingerprint density at radius 3 is 1.61 bits per heavy atom. The summed E-state index contributed by atoms with van der Waals surface area (Å²) in [5, 5.41) is 0. The third kappa shape index (κ3) is 7.17. The predicted molar refractivity (Wildman–Crippen MR) is 133 cm³/mol. The van der Waals surface area contributed by atoms with Crippen LogP contribution in [0.2, 0.25) is 0 Å². The Bertz CT molecular complexity index is 1020. The van der Waals surface area contributed by atoms with Crippen molar-refractivity contribution < 1.29 is 23.7 Å². The van der Waals surface area contributed by atoms with E-state index in [4.69, 9.17) is 18.9 Å². The topological polar surface area (TPSA) is 57.2 Å². The van der Waals surface area contributed by atoms with Crippen LogP contribution >= 0.6 is 0 Å². The minimum atomic E-state index is -0.108. The Kier molecular flexibility index (Phi) is 10.1. The van der Waals surface area contributed by atoms with E-state index in [0.29, 0.717) is 23.0 Å². The Labute approximate surface area is 196 Å². The fraction of sp³-hybridized carbons (Fsp3) is 0.296. The normalized spacial score (nSPS) is 11.6. The first-order valence-electron chi connectivity index (χ1n) is 10.8. The molecule has 0 aliphatic carbocycles. The molecule has 2 aromatic rings. The number of likely N-dealkylation sites (N-methyl/N-ethyl adjacent to an activating group) is 1. The molecule has 0 spiro atoms. The van der Waals surface area contributed by atoms with E-state index >= 15 is 0 Å². The standard InChI is InChI=1S/C27H33NO5/c1-7-28(8-2)22(13-9-20-11-15-24(30-3)26(17-20)32-5)19-23(29)14-10-21-12-16-25(31-4)27(18-21)33-6/h9-19H,7-8H2,1-6H3. The third-order valence-corrected chi connectivity index (χ3v) is 5.12. The number of ketones is 1. The van der Waals surface area contributed by atoms with Crippen molar-refractivity contribution in [2.45, 2.75) is 13.8 Å². The van der Waals surface area contributed by atoms with Gasteiger partial charge < -0.3 is 23.8 Å². The quantitative estimate of drug-likeness (QED) is 0.325. The number of allylic oxidation sites excluding steroid dienone is 3. The van der Waals surface area contributed by atoms with Gasteiger partial charge in [-0.05, 0) is 61.4 Å². The highest BCUT2D eigenvalue weighted by Gasteiger charge is 2.07. The lowest BCUT2D eigenvalue weighted by molar-refractivity contribution is -0.110. The smallest absolute Gasteiger partial charge is 0.180 e. The summed E-state index contributed by atoms with van der Waals surface area (Å²) < 4.78 is 21.3. The van der Waals surface area contributed by atoms with Crippen molar-refractivity contribution in [3.05, 3.63) is 71.5 Å². The van der Waals surface area contributed by atoms with Crippen molar-refractivity contribution in [3.8, 4) is 23.0 Å². The predicted octanol–water partition coefficient (Wildman–Crippen LogP) is 5.24. The third-order valence-electron chi connectivity index (χ3n) is 5.12. The van der Waals surface area contributed by atoms with Gasteiger partial charge in [-0.3, -0.25) is 4.79 Å². The average Bonchev–Trinajstić information content (AvgIpc) is 2.85. The van der Waals surface area contributed by atoms with Crippen molar-refractivity contribution in [3.63, 3.8) is 0 Å². The van der Waals surface area contributed by atoms with Crippen LogP contribution in [0.1, 0.15) is 25.0 Å². The summed E-state index contributed by atoms with van der Waals surface area (Å²) in [5.74, 6) is 2.48. The zero-order chi connectivity index (χ0) is 24.2. The molecule has 0 aliphatic heterocycles. The molecule has 6 nitrogen and oxygen atoms in total. The van der Waals surface area contributed by atoms with Gasteiger partial charge in [0, 0.05) is 24.9 Å². The summed E-state index contributed by atoms with van der Waals surface area (Å²) in [6, 6.07) is 11.2. The molecular weight excluding hydrogens is 418 g/mol. The molecule has 0 unspecified atom stereocenters. The van der Waals surface area contributed by atoms with E-state index in [1.54, 1.807) is 46.7 Å². The van der Waals surface area contributed by atoms with E-state index in [9.17, 15) is 4.79 Å². The van der Waals surface area contributed by atoms with Crippen molar-refractivity contribution in [1.29, 1.82) is 0 Å². The molecule has 0 amide bonds. The molecule has 0 saturated heterocycles. The second kappa shape index (κ2) is 13.0. The maximum atomic E-state index is 12.7. The van der Waals surface area contributed by atoms with Crippen LogP contribution in [-0.2, 0) is 4.79 Å². The Morgan fingerprint density at radius 2 is 1.18 bits per heavy atom. The van der Waals surface area contributed by atoms with Gasteiger partial charge in [0.05, 0.1) is 28.4 Å². The summed E-state index contributed by atoms with van der Waals surface area (Å²) in [7, 11) is 6.39. The van der Waals surface area contributed by atoms with Crippen molar-refractivity contribution in [2.24, 2.45) is 0 Å². The second-order valence-electron chi connectivity index (χ2n) is 7.04. The lowest BCUT2D eigenvalue weighted by Gasteiger charge is -2.22. The zero-order valence-electron chi connectivity index (χ0n) is 20.3. The van der Waals surface area contributed by atoms with Crippen LogP contribution in [0.5, 0.6) is 23.0 Å². The Morgan fingerprint density at radius 1 is 0.727 bits per heavy atom. The summed E-state index contributed by atoms with van der Waals surface area (Å²) in [6.45, 7) is 5.69. The molecule has 0 aliphatic rings. The zero-order valence-corrected chi connectivity index (χ0v) is 20.3. The lowest BCUT2D eigenvalue weighted by Crippen LogP contribution is -2.21. The van der Waals surface area contributed by atoms with Gasteiger partial charge in [0.1, 0.15) is 0 Å². The monoisotopic (exact) mass is 451 g/mol. The van der Waals surface area contributed by atoms with E-state index in [1.807, 2.05) is 48.6 Å². The average molecular weight is 452 g/mol. The molecule has 0 heterocycles. The summed E-state index contributed by atoms with van der Waals surface area (Å²) in [6.07, 6.45) is 8.85. The van der Waals surface area contributed by atoms with Crippen molar-refractivity contribution >= 4 is 17.9 Å². The van der Waals surface area contributed by atoms with E-state index in [0.717, 1.165) is 29.9 Å². The maximum absolute atomic E-state index is 12.7. The van der Waals surface area contributed by atoms with Crippen molar-refractivity contribution in [1.82, 2.24) is 4.90 Å². The molecule has 6 heteroatoms. The molecule has 0 bridgehead atoms. The van der Waals surface area contributed by atoms with E-state index in [2.05, 4.69) is 18.7 Å². The Hall–Kier alpha value is -3.67. The van der Waals surface area contributed by atoms with Crippen molar-refractivity contribution in [2.75, 3.05) is 41.5 Å². The maximum Gasteiger partial charge on any atom is 0.180 e. The first-order chi connectivity index (χ1) is 16.0. The summed E-state index contributed by atoms with van der Waals surface area (Å²) in [4.78, 5) is 14.8. The SMILES string of the molecule is CCN(CC)C(C=Cc1ccc(OC)c(OC)c1)=CC(=O)C=Cc1ccc(OC)c(OC)c1. The Balaban J connectivity index is 2.28. The number of hydrogen-bond acceptors (Lipinski definition) is 6. The molecule has 0 fully saturated rings. The highest BCUT2D eigenvalue weighted by Crippen LogP contribution is 2.29. The van der Waals surface area contributed by atoms with E-state index < -0.39 is 0 Å². The van der Waals surface area contributed by atoms with Crippen LogP contribution in [0.3, 0.4) is 0 Å². The first kappa shape index (κ1) is 25.6. The minimum absolute atomic E-state index is 0.108. The number of benzene rings is 2. The van der Waals surface area contributed by atoms with Gasteiger partial charge in [-0.25, -0.2) is 0 Å². The molecule has 2 rings (SSSR count). The molecule has 0 aromatic heterocycles. The number of ether oxygens (including phenoxy) is 4. The molecule has 0 N–H and O–H groups in total. The highest BCUT2D eigenvalue weighted by molar-refractivity contribution is 6.02. The number of hydrogen-bond donors (Lipinski definition) is 0. The summed E-state index contributed by atoms with van der Waals surface area (Å²) in [5.41, 5.74) is 2.62. The van der Waals surface area contributed by atoms with Gasteiger partial charge in [0.2, 0.25) is 0 Å². The first-order valence-corrected chi connectivity index (χ1v) is 10.8. The number of rotatable bonds is 12. The number of carbonyl (C=O) groups is 1. The molecule has 33 heavy (non-hydrogen) atoms. The molecule has 0 radical (unpaired) electrons. The molecule has 176 valence electrons. The molecule has 2 aromatic carbocycles. The van der Waals surface area contributed by atoms with Gasteiger partial charge in [0.25, 0.3) is 0 Å². The van der Waals surface area contributed by atoms with Crippen LogP contribution in [0, 0.1) is 0 Å². The van der Waals surface area contributed by atoms with Crippen LogP contribution in [0.4, 0.5) is 0 Å². The van der Waals surface area contributed by atoms with Gasteiger partial charge in [0.15, 0.2) is 28.8 Å². The number of carbonyl (C=O) groups excluding carboxylic acids is 1. The lowest BCUT2D eigenvalue weighted by atomic mass is 10.1. The number of nitrogens with zero attached hydrogens (tertiary/aromatic N) is 1. The fourth-order valence-electron chi connectivity index (χ4n) is 3.30. The van der Waals surface area contributed by atoms with Crippen LogP contribution in [-0.4, -0.2) is 52.2 Å². The fourth-order valence-corrected chi connectivity index (χ4v) is 3.30. The van der Waals surface area contributed by atoms with Crippen LogP contribution < -0.4 is 18.9 Å².